The summed E-state index contributed by atoms with van der Waals surface area (Å²) in [7, 11) is 0. The van der Waals surface area contributed by atoms with E-state index in [9.17, 15) is 13.6 Å². The van der Waals surface area contributed by atoms with Gasteiger partial charge >= 0.3 is 0 Å². The van der Waals surface area contributed by atoms with Gasteiger partial charge in [0, 0.05) is 5.69 Å². The van der Waals surface area contributed by atoms with Crippen LogP contribution >= 0.6 is 12.2 Å². The number of hydrogen-bond donors (Lipinski definition) is 4. The summed E-state index contributed by atoms with van der Waals surface area (Å²) in [6.45, 7) is 2.03. The van der Waals surface area contributed by atoms with Gasteiger partial charge < -0.3 is 10.6 Å². The predicted octanol–water partition coefficient (Wildman–Crippen LogP) is 4.44. The maximum atomic E-state index is 13.8. The van der Waals surface area contributed by atoms with E-state index in [1.807, 2.05) is 61.5 Å². The molecule has 0 fully saturated rings. The van der Waals surface area contributed by atoms with Gasteiger partial charge in [-0.05, 0) is 42.3 Å². The monoisotopic (exact) mass is 470 g/mol. The first-order valence-electron chi connectivity index (χ1n) is 10.6. The molecule has 2 heterocycles. The highest BCUT2D eigenvalue weighted by molar-refractivity contribution is 7.80. The second-order valence-corrected chi connectivity index (χ2v) is 8.05. The molecular weight excluding hydrogens is 446 g/mol. The first-order valence-corrected chi connectivity index (χ1v) is 11.0. The molecule has 4 N–H and O–H groups in total. The zero-order valence-electron chi connectivity index (χ0n) is 17.9. The lowest BCUT2D eigenvalue weighted by Crippen LogP contribution is -2.44. The molecule has 2 aromatic carbocycles. The third-order valence-corrected chi connectivity index (χ3v) is 5.78. The lowest BCUT2D eigenvalue weighted by atomic mass is 9.97. The van der Waals surface area contributed by atoms with Gasteiger partial charge in [-0.25, -0.2) is 13.5 Å². The van der Waals surface area contributed by atoms with Gasteiger partial charge in [0.05, 0.1) is 12.2 Å². The van der Waals surface area contributed by atoms with Crippen molar-refractivity contribution in [2.75, 3.05) is 10.6 Å². The molecule has 0 spiro atoms. The van der Waals surface area contributed by atoms with E-state index < -0.39 is 18.4 Å². The van der Waals surface area contributed by atoms with Gasteiger partial charge in [-0.2, -0.15) is 5.10 Å². The average molecular weight is 471 g/mol. The summed E-state index contributed by atoms with van der Waals surface area (Å²) in [6.07, 6.45) is -0.368. The number of amides is 1. The quantitative estimate of drug-likeness (QED) is 0.326. The number of benzene rings is 2. The molecule has 3 aromatic rings. The second-order valence-electron chi connectivity index (χ2n) is 7.64. The molecule has 10 heteroatoms. The van der Waals surface area contributed by atoms with Gasteiger partial charge in [0.2, 0.25) is 0 Å². The third kappa shape index (κ3) is 4.95. The fourth-order valence-electron chi connectivity index (χ4n) is 3.89. The molecule has 1 aliphatic rings. The maximum Gasteiger partial charge on any atom is 0.275 e. The number of aromatic nitrogens is 2. The summed E-state index contributed by atoms with van der Waals surface area (Å²) in [5, 5.41) is 10.5. The molecule has 7 nitrogen and oxygen atoms in total. The minimum absolute atomic E-state index is 0.144. The van der Waals surface area contributed by atoms with E-state index in [-0.39, 0.29) is 29.0 Å². The molecule has 2 atom stereocenters. The molecule has 172 valence electrons. The van der Waals surface area contributed by atoms with Crippen molar-refractivity contribution in [1.29, 1.82) is 0 Å². The summed E-state index contributed by atoms with van der Waals surface area (Å²) in [6, 6.07) is 15.5. The number of fused-ring (bicyclic) bond motifs is 1. The first-order chi connectivity index (χ1) is 16.0. The van der Waals surface area contributed by atoms with Gasteiger partial charge in [0.15, 0.2) is 5.11 Å². The van der Waals surface area contributed by atoms with Gasteiger partial charge in [0.1, 0.15) is 17.4 Å². The second kappa shape index (κ2) is 9.95. The summed E-state index contributed by atoms with van der Waals surface area (Å²) >= 11 is 5.28. The fourth-order valence-corrected chi connectivity index (χ4v) is 4.05. The number of halogens is 2. The molecule has 1 aliphatic heterocycles. The van der Waals surface area contributed by atoms with Crippen LogP contribution in [-0.2, 0) is 6.42 Å². The molecule has 0 unspecified atom stereocenters. The summed E-state index contributed by atoms with van der Waals surface area (Å²) in [5.74, 6) is -0.298. The van der Waals surface area contributed by atoms with Crippen molar-refractivity contribution in [2.45, 2.75) is 38.3 Å². The topological polar surface area (TPSA) is 83.0 Å². The van der Waals surface area contributed by atoms with Crippen LogP contribution in [0.3, 0.4) is 0 Å². The van der Waals surface area contributed by atoms with E-state index >= 15 is 0 Å². The van der Waals surface area contributed by atoms with Crippen molar-refractivity contribution in [3.63, 3.8) is 0 Å². The number of anilines is 2. The number of carbonyl (C=O) groups excluding carboxylic acids is 1. The fraction of sp³-hybridized carbons (Fsp3) is 0.261. The molecule has 1 aromatic heterocycles. The van der Waals surface area contributed by atoms with Crippen molar-refractivity contribution in [2.24, 2.45) is 0 Å². The molecule has 0 aliphatic carbocycles. The number of rotatable bonds is 5. The Bertz CT molecular complexity index is 1140. The van der Waals surface area contributed by atoms with Gasteiger partial charge in [-0.3, -0.25) is 15.6 Å². The number of carbonyl (C=O) groups is 1. The normalized spacial score (nSPS) is 17.1. The van der Waals surface area contributed by atoms with Gasteiger partial charge in [0.25, 0.3) is 12.3 Å². The Balaban J connectivity index is 1.48. The van der Waals surface area contributed by atoms with Crippen LogP contribution in [0.4, 0.5) is 20.3 Å². The average Bonchev–Trinajstić information content (AvgIpc) is 3.27. The molecule has 4 rings (SSSR count). The SMILES string of the molecule is CCc1ccccc1NC(=S)NNC(=O)c1cnn2c1N[C@@H](c1ccccc1)C[C@@H]2C(F)F. The standard InChI is InChI=1S/C23H24F2N6OS/c1-2-14-8-6-7-11-17(14)28-23(33)30-29-22(32)16-13-26-31-19(20(24)25)12-18(27-21(16)31)15-9-4-3-5-10-15/h3-11,13,18-20,27H,2,12H2,1H3,(H,29,32)(H2,28,30,33)/t18-,19-/m1/s1. The summed E-state index contributed by atoms with van der Waals surface area (Å²) < 4.78 is 28.8. The van der Waals surface area contributed by atoms with E-state index in [2.05, 4.69) is 26.6 Å². The van der Waals surface area contributed by atoms with Crippen LogP contribution in [0.2, 0.25) is 0 Å². The molecule has 1 amide bonds. The van der Waals surface area contributed by atoms with E-state index in [1.165, 1.54) is 10.9 Å². The lowest BCUT2D eigenvalue weighted by Gasteiger charge is -2.32. The Kier molecular flexibility index (Phi) is 6.83. The van der Waals surface area contributed by atoms with Gasteiger partial charge in [-0.15, -0.1) is 0 Å². The van der Waals surface area contributed by atoms with Crippen LogP contribution in [0.15, 0.2) is 60.8 Å². The third-order valence-electron chi connectivity index (χ3n) is 5.57. The highest BCUT2D eigenvalue weighted by Gasteiger charge is 2.36. The van der Waals surface area contributed by atoms with E-state index in [1.54, 1.807) is 0 Å². The number of alkyl halides is 2. The van der Waals surface area contributed by atoms with Crippen molar-refractivity contribution < 1.29 is 13.6 Å². The predicted molar refractivity (Wildman–Crippen MR) is 127 cm³/mol. The Morgan fingerprint density at radius 3 is 2.64 bits per heavy atom. The van der Waals surface area contributed by atoms with Crippen LogP contribution in [0.5, 0.6) is 0 Å². The Morgan fingerprint density at radius 1 is 1.18 bits per heavy atom. The highest BCUT2D eigenvalue weighted by Crippen LogP contribution is 2.39. The minimum Gasteiger partial charge on any atom is -0.363 e. The van der Waals surface area contributed by atoms with Crippen LogP contribution in [-0.4, -0.2) is 27.2 Å². The Hall–Kier alpha value is -3.53. The number of nitrogens with one attached hydrogen (secondary N) is 4. The van der Waals surface area contributed by atoms with Crippen molar-refractivity contribution >= 4 is 34.7 Å². The largest absolute Gasteiger partial charge is 0.363 e. The van der Waals surface area contributed by atoms with Crippen LogP contribution in [0.25, 0.3) is 0 Å². The van der Waals surface area contributed by atoms with Crippen molar-refractivity contribution in [1.82, 2.24) is 20.6 Å². The molecular formula is C23H24F2N6OS. The number of hydrazine groups is 1. The van der Waals surface area contributed by atoms with Crippen molar-refractivity contribution in [3.8, 4) is 0 Å². The number of aryl methyl sites for hydroxylation is 1. The number of nitrogens with zero attached hydrogens (tertiary/aromatic N) is 2. The van der Waals surface area contributed by atoms with E-state index in [0.29, 0.717) is 0 Å². The number of hydrogen-bond acceptors (Lipinski definition) is 4. The van der Waals surface area contributed by atoms with E-state index in [4.69, 9.17) is 12.2 Å². The van der Waals surface area contributed by atoms with Gasteiger partial charge in [-0.1, -0.05) is 55.5 Å². The minimum atomic E-state index is -2.62. The summed E-state index contributed by atoms with van der Waals surface area (Å²) in [4.78, 5) is 12.8. The zero-order valence-corrected chi connectivity index (χ0v) is 18.7. The lowest BCUT2D eigenvalue weighted by molar-refractivity contribution is 0.0656. The highest BCUT2D eigenvalue weighted by atomic mass is 32.1. The van der Waals surface area contributed by atoms with E-state index in [0.717, 1.165) is 23.2 Å². The number of para-hydroxylation sites is 1. The molecule has 0 saturated heterocycles. The molecule has 0 saturated carbocycles. The molecule has 33 heavy (non-hydrogen) atoms. The zero-order chi connectivity index (χ0) is 23.4. The smallest absolute Gasteiger partial charge is 0.275 e. The van der Waals surface area contributed by atoms with Crippen molar-refractivity contribution in [3.05, 3.63) is 77.5 Å². The van der Waals surface area contributed by atoms with Crippen LogP contribution in [0, 0.1) is 0 Å². The summed E-state index contributed by atoms with van der Waals surface area (Å²) in [5.41, 5.74) is 8.10. The molecule has 0 radical (unpaired) electrons. The number of thiocarbonyl (C=S) groups is 1. The maximum absolute atomic E-state index is 13.8. The first kappa shape index (κ1) is 22.7. The van der Waals surface area contributed by atoms with Crippen LogP contribution < -0.4 is 21.5 Å². The van der Waals surface area contributed by atoms with Crippen LogP contribution in [0.1, 0.15) is 46.9 Å². The Labute approximate surface area is 195 Å². The Morgan fingerprint density at radius 2 is 1.91 bits per heavy atom. The molecule has 0 bridgehead atoms.